The molecule has 0 aromatic heterocycles. The second-order valence-corrected chi connectivity index (χ2v) is 6.26. The van der Waals surface area contributed by atoms with E-state index in [4.69, 9.17) is 0 Å². The molecule has 2 aliphatic rings. The van der Waals surface area contributed by atoms with Crippen LogP contribution in [-0.4, -0.2) is 24.0 Å². The van der Waals surface area contributed by atoms with E-state index < -0.39 is 0 Å². The fourth-order valence-corrected chi connectivity index (χ4v) is 3.05. The molecule has 1 saturated carbocycles. The predicted octanol–water partition coefficient (Wildman–Crippen LogP) is 2.55. The Morgan fingerprint density at radius 3 is 2.58 bits per heavy atom. The predicted molar refractivity (Wildman–Crippen MR) is 75.4 cm³/mol. The molecule has 1 saturated heterocycles. The molecule has 3 heteroatoms. The van der Waals surface area contributed by atoms with E-state index in [0.29, 0.717) is 18.0 Å². The molecular formula is C16H22N2O. The number of rotatable bonds is 4. The lowest BCUT2D eigenvalue weighted by atomic mass is 9.92. The van der Waals surface area contributed by atoms with E-state index in [1.807, 2.05) is 35.2 Å². The lowest BCUT2D eigenvalue weighted by Crippen LogP contribution is -2.35. The van der Waals surface area contributed by atoms with Gasteiger partial charge in [-0.15, -0.1) is 0 Å². The van der Waals surface area contributed by atoms with E-state index in [1.165, 1.54) is 12.8 Å². The van der Waals surface area contributed by atoms with Crippen molar-refractivity contribution in [3.8, 4) is 0 Å². The molecule has 1 atom stereocenters. The van der Waals surface area contributed by atoms with Crippen LogP contribution >= 0.6 is 0 Å². The van der Waals surface area contributed by atoms with E-state index in [-0.39, 0.29) is 11.9 Å². The maximum absolute atomic E-state index is 12.5. The van der Waals surface area contributed by atoms with Crippen LogP contribution in [0, 0.1) is 11.3 Å². The summed E-state index contributed by atoms with van der Waals surface area (Å²) in [6.07, 6.45) is 2.54. The third-order valence-corrected chi connectivity index (χ3v) is 4.80. The van der Waals surface area contributed by atoms with Gasteiger partial charge in [0, 0.05) is 6.54 Å². The summed E-state index contributed by atoms with van der Waals surface area (Å²) in [6.45, 7) is 6.15. The Kier molecular flexibility index (Phi) is 3.09. The van der Waals surface area contributed by atoms with Crippen molar-refractivity contribution >= 4 is 5.91 Å². The van der Waals surface area contributed by atoms with Crippen LogP contribution in [0.1, 0.15) is 38.3 Å². The maximum atomic E-state index is 12.5. The first kappa shape index (κ1) is 12.7. The lowest BCUT2D eigenvalue weighted by Gasteiger charge is -2.26. The highest BCUT2D eigenvalue weighted by Crippen LogP contribution is 2.52. The standard InChI is InChI=1S/C16H22N2O/c1-12(2)16(8-9-16)10-18-11-17-14(15(18)19)13-6-4-3-5-7-13/h3-7,12,14,17H,8-11H2,1-2H3. The number of benzene rings is 1. The van der Waals surface area contributed by atoms with E-state index in [9.17, 15) is 4.79 Å². The first-order valence-electron chi connectivity index (χ1n) is 7.19. The topological polar surface area (TPSA) is 32.3 Å². The molecule has 1 amide bonds. The first-order chi connectivity index (χ1) is 9.12. The smallest absolute Gasteiger partial charge is 0.245 e. The number of carbonyl (C=O) groups excluding carboxylic acids is 1. The van der Waals surface area contributed by atoms with Gasteiger partial charge in [0.15, 0.2) is 0 Å². The molecule has 19 heavy (non-hydrogen) atoms. The minimum atomic E-state index is -0.149. The molecule has 0 radical (unpaired) electrons. The average molecular weight is 258 g/mol. The highest BCUT2D eigenvalue weighted by molar-refractivity contribution is 5.85. The molecule has 102 valence electrons. The van der Waals surface area contributed by atoms with E-state index in [0.717, 1.165) is 12.1 Å². The molecule has 1 N–H and O–H groups in total. The summed E-state index contributed by atoms with van der Waals surface area (Å²) in [6, 6.07) is 9.86. The van der Waals surface area contributed by atoms with Crippen LogP contribution in [0.25, 0.3) is 0 Å². The molecule has 1 aromatic rings. The number of hydrogen-bond donors (Lipinski definition) is 1. The molecule has 1 aliphatic heterocycles. The van der Waals surface area contributed by atoms with Gasteiger partial charge in [-0.25, -0.2) is 0 Å². The third kappa shape index (κ3) is 2.27. The fraction of sp³-hybridized carbons (Fsp3) is 0.562. The Balaban J connectivity index is 1.69. The third-order valence-electron chi connectivity index (χ3n) is 4.80. The molecule has 2 fully saturated rings. The van der Waals surface area contributed by atoms with Crippen molar-refractivity contribution in [2.45, 2.75) is 32.7 Å². The maximum Gasteiger partial charge on any atom is 0.245 e. The Labute approximate surface area is 115 Å². The number of nitrogens with one attached hydrogen (secondary N) is 1. The lowest BCUT2D eigenvalue weighted by molar-refractivity contribution is -0.129. The Hall–Kier alpha value is -1.35. The van der Waals surface area contributed by atoms with E-state index in [1.54, 1.807) is 0 Å². The number of carbonyl (C=O) groups is 1. The zero-order chi connectivity index (χ0) is 13.5. The van der Waals surface area contributed by atoms with Crippen LogP contribution < -0.4 is 5.32 Å². The minimum Gasteiger partial charge on any atom is -0.328 e. The SMILES string of the molecule is CC(C)C1(CN2CNC(c3ccccc3)C2=O)CC1. The first-order valence-corrected chi connectivity index (χ1v) is 7.19. The summed E-state index contributed by atoms with van der Waals surface area (Å²) in [5.74, 6) is 0.897. The van der Waals surface area contributed by atoms with Crippen LogP contribution in [0.5, 0.6) is 0 Å². The molecule has 1 unspecified atom stereocenters. The van der Waals surface area contributed by atoms with E-state index in [2.05, 4.69) is 19.2 Å². The summed E-state index contributed by atoms with van der Waals surface area (Å²) in [4.78, 5) is 14.5. The quantitative estimate of drug-likeness (QED) is 0.900. The fourth-order valence-electron chi connectivity index (χ4n) is 3.05. The Morgan fingerprint density at radius 2 is 2.00 bits per heavy atom. The van der Waals surface area contributed by atoms with Crippen molar-refractivity contribution < 1.29 is 4.79 Å². The van der Waals surface area contributed by atoms with Gasteiger partial charge in [0.2, 0.25) is 5.91 Å². The van der Waals surface area contributed by atoms with Crippen LogP contribution in [0.2, 0.25) is 0 Å². The Bertz CT molecular complexity index is 465. The molecule has 0 spiro atoms. The summed E-state index contributed by atoms with van der Waals surface area (Å²) in [7, 11) is 0. The van der Waals surface area contributed by atoms with Crippen molar-refractivity contribution in [3.05, 3.63) is 35.9 Å². The van der Waals surface area contributed by atoms with Crippen molar-refractivity contribution in [2.24, 2.45) is 11.3 Å². The second-order valence-electron chi connectivity index (χ2n) is 6.26. The van der Waals surface area contributed by atoms with Gasteiger partial charge in [-0.05, 0) is 29.7 Å². The second kappa shape index (κ2) is 4.64. The number of amides is 1. The van der Waals surface area contributed by atoms with Crippen molar-refractivity contribution in [3.63, 3.8) is 0 Å². The van der Waals surface area contributed by atoms with Gasteiger partial charge in [-0.2, -0.15) is 0 Å². The zero-order valence-electron chi connectivity index (χ0n) is 11.7. The Morgan fingerprint density at radius 1 is 1.32 bits per heavy atom. The molecule has 1 aliphatic carbocycles. The molecule has 0 bridgehead atoms. The highest BCUT2D eigenvalue weighted by atomic mass is 16.2. The monoisotopic (exact) mass is 258 g/mol. The van der Waals surface area contributed by atoms with Gasteiger partial charge >= 0.3 is 0 Å². The van der Waals surface area contributed by atoms with Crippen molar-refractivity contribution in [1.82, 2.24) is 10.2 Å². The van der Waals surface area contributed by atoms with Gasteiger partial charge in [0.25, 0.3) is 0 Å². The average Bonchev–Trinajstić information content (AvgIpc) is 3.11. The van der Waals surface area contributed by atoms with E-state index >= 15 is 0 Å². The van der Waals surface area contributed by atoms with Crippen LogP contribution in [-0.2, 0) is 4.79 Å². The number of nitrogens with zero attached hydrogens (tertiary/aromatic N) is 1. The normalized spacial score (nSPS) is 25.1. The van der Waals surface area contributed by atoms with Crippen LogP contribution in [0.3, 0.4) is 0 Å². The van der Waals surface area contributed by atoms with Gasteiger partial charge in [-0.3, -0.25) is 10.1 Å². The van der Waals surface area contributed by atoms with Gasteiger partial charge in [-0.1, -0.05) is 44.2 Å². The molecule has 3 rings (SSSR count). The van der Waals surface area contributed by atoms with Gasteiger partial charge in [0.1, 0.15) is 6.04 Å². The number of hydrogen-bond acceptors (Lipinski definition) is 2. The summed E-state index contributed by atoms with van der Waals surface area (Å²) in [5, 5.41) is 3.34. The minimum absolute atomic E-state index is 0.149. The van der Waals surface area contributed by atoms with Crippen molar-refractivity contribution in [1.29, 1.82) is 0 Å². The van der Waals surface area contributed by atoms with Gasteiger partial charge in [0.05, 0.1) is 6.67 Å². The summed E-state index contributed by atoms with van der Waals surface area (Å²) < 4.78 is 0. The van der Waals surface area contributed by atoms with Crippen LogP contribution in [0.15, 0.2) is 30.3 Å². The summed E-state index contributed by atoms with van der Waals surface area (Å²) in [5.41, 5.74) is 1.47. The van der Waals surface area contributed by atoms with Crippen molar-refractivity contribution in [2.75, 3.05) is 13.2 Å². The highest BCUT2D eigenvalue weighted by Gasteiger charge is 2.48. The largest absolute Gasteiger partial charge is 0.328 e. The molecule has 1 aromatic carbocycles. The van der Waals surface area contributed by atoms with Crippen LogP contribution in [0.4, 0.5) is 0 Å². The molecule has 1 heterocycles. The zero-order valence-corrected chi connectivity index (χ0v) is 11.7. The molecular weight excluding hydrogens is 236 g/mol. The van der Waals surface area contributed by atoms with Gasteiger partial charge < -0.3 is 4.90 Å². The molecule has 3 nitrogen and oxygen atoms in total. The summed E-state index contributed by atoms with van der Waals surface area (Å²) >= 11 is 0.